The Morgan fingerprint density at radius 2 is 1.81 bits per heavy atom. The topological polar surface area (TPSA) is 56.1 Å². The molecule has 32 heavy (non-hydrogen) atoms. The smallest absolute Gasteiger partial charge is 0.262 e. The highest BCUT2D eigenvalue weighted by Crippen LogP contribution is 2.43. The van der Waals surface area contributed by atoms with E-state index in [0.29, 0.717) is 10.3 Å². The number of aromatic nitrogens is 2. The third-order valence-electron chi connectivity index (χ3n) is 5.78. The van der Waals surface area contributed by atoms with Gasteiger partial charge in [-0.25, -0.2) is 4.98 Å². The number of anilines is 1. The number of imidazole rings is 1. The standard InChI is InChI=1S/C25H27N3O2S2/c29-23(17-30-22-11-7-19(8-12-22)25-31-14-3-15-32-25)27-20-9-5-18(6-10-20)24-26-16-21-4-1-2-13-28(21)24/h5-12,16,25H,1-4,13-15,17H2,(H,27,29). The van der Waals surface area contributed by atoms with Crippen molar-refractivity contribution in [3.8, 4) is 17.1 Å². The minimum Gasteiger partial charge on any atom is -0.484 e. The van der Waals surface area contributed by atoms with Gasteiger partial charge < -0.3 is 14.6 Å². The molecule has 1 saturated heterocycles. The van der Waals surface area contributed by atoms with Crippen LogP contribution in [0.25, 0.3) is 11.4 Å². The van der Waals surface area contributed by atoms with Crippen molar-refractivity contribution < 1.29 is 9.53 Å². The van der Waals surface area contributed by atoms with Gasteiger partial charge in [-0.15, -0.1) is 23.5 Å². The summed E-state index contributed by atoms with van der Waals surface area (Å²) in [5.74, 6) is 4.00. The van der Waals surface area contributed by atoms with Gasteiger partial charge in [0.2, 0.25) is 0 Å². The van der Waals surface area contributed by atoms with Crippen LogP contribution >= 0.6 is 23.5 Å². The normalized spacial score (nSPS) is 16.4. The number of aryl methyl sites for hydroxylation is 1. The summed E-state index contributed by atoms with van der Waals surface area (Å²) >= 11 is 4.00. The van der Waals surface area contributed by atoms with E-state index in [4.69, 9.17) is 4.74 Å². The molecular weight excluding hydrogens is 438 g/mol. The molecule has 5 rings (SSSR count). The maximum atomic E-state index is 12.3. The van der Waals surface area contributed by atoms with Gasteiger partial charge in [0.05, 0.1) is 4.58 Å². The van der Waals surface area contributed by atoms with Gasteiger partial charge in [-0.2, -0.15) is 0 Å². The number of hydrogen-bond donors (Lipinski definition) is 1. The van der Waals surface area contributed by atoms with Gasteiger partial charge in [0.15, 0.2) is 6.61 Å². The molecule has 1 aromatic heterocycles. The monoisotopic (exact) mass is 465 g/mol. The number of hydrogen-bond acceptors (Lipinski definition) is 5. The summed E-state index contributed by atoms with van der Waals surface area (Å²) in [4.78, 5) is 17.0. The molecule has 1 amide bonds. The maximum Gasteiger partial charge on any atom is 0.262 e. The Bertz CT molecular complexity index is 1060. The second-order valence-corrected chi connectivity index (χ2v) is 10.8. The summed E-state index contributed by atoms with van der Waals surface area (Å²) in [5.41, 5.74) is 4.46. The summed E-state index contributed by atoms with van der Waals surface area (Å²) in [7, 11) is 0. The van der Waals surface area contributed by atoms with E-state index in [9.17, 15) is 4.79 Å². The first-order valence-electron chi connectivity index (χ1n) is 11.2. The summed E-state index contributed by atoms with van der Waals surface area (Å²) < 4.78 is 8.51. The molecule has 2 aliphatic heterocycles. The number of amides is 1. The second-order valence-electron chi connectivity index (χ2n) is 8.09. The number of nitrogens with one attached hydrogen (secondary N) is 1. The first-order chi connectivity index (χ1) is 15.8. The van der Waals surface area contributed by atoms with E-state index < -0.39 is 0 Å². The van der Waals surface area contributed by atoms with E-state index in [1.165, 1.54) is 42.0 Å². The van der Waals surface area contributed by atoms with Gasteiger partial charge >= 0.3 is 0 Å². The molecule has 2 aliphatic rings. The number of carbonyl (C=O) groups is 1. The number of nitrogens with zero attached hydrogens (tertiary/aromatic N) is 2. The molecule has 166 valence electrons. The van der Waals surface area contributed by atoms with Gasteiger partial charge in [0, 0.05) is 29.7 Å². The molecule has 0 atom stereocenters. The largest absolute Gasteiger partial charge is 0.484 e. The van der Waals surface area contributed by atoms with Gasteiger partial charge in [-0.05, 0) is 79.2 Å². The fourth-order valence-electron chi connectivity index (χ4n) is 4.12. The lowest BCUT2D eigenvalue weighted by Crippen LogP contribution is -2.20. The Labute approximate surface area is 197 Å². The Hall–Kier alpha value is -2.38. The minimum absolute atomic E-state index is 0.0121. The van der Waals surface area contributed by atoms with Crippen molar-refractivity contribution in [3.05, 3.63) is 66.0 Å². The van der Waals surface area contributed by atoms with Crippen molar-refractivity contribution in [3.63, 3.8) is 0 Å². The molecular formula is C25H27N3O2S2. The molecule has 1 fully saturated rings. The molecule has 3 aromatic rings. The fraction of sp³-hybridized carbons (Fsp3) is 0.360. The molecule has 7 heteroatoms. The van der Waals surface area contributed by atoms with Crippen LogP contribution < -0.4 is 10.1 Å². The summed E-state index contributed by atoms with van der Waals surface area (Å²) in [5, 5.41) is 2.91. The van der Waals surface area contributed by atoms with Crippen molar-refractivity contribution in [2.45, 2.75) is 36.8 Å². The highest BCUT2D eigenvalue weighted by molar-refractivity contribution is 8.16. The molecule has 3 heterocycles. The lowest BCUT2D eigenvalue weighted by atomic mass is 10.1. The van der Waals surface area contributed by atoms with Crippen LogP contribution in [0, 0.1) is 0 Å². The Kier molecular flexibility index (Phi) is 6.74. The SMILES string of the molecule is O=C(COc1ccc(C2SCCCS2)cc1)Nc1ccc(-c2ncc3n2CCCC3)cc1. The first kappa shape index (κ1) is 21.5. The van der Waals surface area contributed by atoms with Crippen LogP contribution in [0.5, 0.6) is 5.75 Å². The van der Waals surface area contributed by atoms with Crippen molar-refractivity contribution in [1.29, 1.82) is 0 Å². The van der Waals surface area contributed by atoms with E-state index in [-0.39, 0.29) is 12.5 Å². The predicted molar refractivity (Wildman–Crippen MR) is 133 cm³/mol. The Balaban J connectivity index is 1.14. The third kappa shape index (κ3) is 4.99. The van der Waals surface area contributed by atoms with Crippen LogP contribution in [0.1, 0.15) is 35.1 Å². The average molecular weight is 466 g/mol. The molecule has 0 saturated carbocycles. The van der Waals surface area contributed by atoms with Crippen molar-refractivity contribution >= 4 is 35.1 Å². The van der Waals surface area contributed by atoms with Crippen LogP contribution in [0.15, 0.2) is 54.7 Å². The zero-order valence-electron chi connectivity index (χ0n) is 18.0. The summed E-state index contributed by atoms with van der Waals surface area (Å²) in [6.45, 7) is 1.02. The Morgan fingerprint density at radius 1 is 1.03 bits per heavy atom. The van der Waals surface area contributed by atoms with E-state index in [1.54, 1.807) is 0 Å². The number of carbonyl (C=O) groups excluding carboxylic acids is 1. The van der Waals surface area contributed by atoms with E-state index >= 15 is 0 Å². The minimum atomic E-state index is -0.168. The molecule has 0 unspecified atom stereocenters. The molecule has 5 nitrogen and oxygen atoms in total. The highest BCUT2D eigenvalue weighted by Gasteiger charge is 2.17. The average Bonchev–Trinajstić information content (AvgIpc) is 3.28. The second kappa shape index (κ2) is 10.0. The van der Waals surface area contributed by atoms with Crippen LogP contribution in [0.4, 0.5) is 5.69 Å². The number of rotatable bonds is 6. The number of fused-ring (bicyclic) bond motifs is 1. The third-order valence-corrected chi connectivity index (χ3v) is 8.79. The van der Waals surface area contributed by atoms with Crippen molar-refractivity contribution in [1.82, 2.24) is 9.55 Å². The van der Waals surface area contributed by atoms with Crippen LogP contribution in [0.3, 0.4) is 0 Å². The molecule has 0 spiro atoms. The highest BCUT2D eigenvalue weighted by atomic mass is 32.2. The first-order valence-corrected chi connectivity index (χ1v) is 13.3. The lowest BCUT2D eigenvalue weighted by Gasteiger charge is -2.21. The molecule has 0 aliphatic carbocycles. The van der Waals surface area contributed by atoms with E-state index in [1.807, 2.05) is 66.1 Å². The Morgan fingerprint density at radius 3 is 2.59 bits per heavy atom. The molecule has 2 aromatic carbocycles. The van der Waals surface area contributed by atoms with Gasteiger partial charge in [-0.3, -0.25) is 4.79 Å². The summed E-state index contributed by atoms with van der Waals surface area (Å²) in [6.07, 6.45) is 6.81. The number of ether oxygens (including phenoxy) is 1. The lowest BCUT2D eigenvalue weighted by molar-refractivity contribution is -0.118. The summed E-state index contributed by atoms with van der Waals surface area (Å²) in [6, 6.07) is 16.0. The zero-order valence-corrected chi connectivity index (χ0v) is 19.6. The quantitative estimate of drug-likeness (QED) is 0.501. The molecule has 1 N–H and O–H groups in total. The van der Waals surface area contributed by atoms with Crippen LogP contribution in [-0.2, 0) is 17.8 Å². The van der Waals surface area contributed by atoms with Crippen LogP contribution in [-0.4, -0.2) is 33.6 Å². The zero-order chi connectivity index (χ0) is 21.8. The van der Waals surface area contributed by atoms with Gasteiger partial charge in [-0.1, -0.05) is 12.1 Å². The maximum absolute atomic E-state index is 12.3. The van der Waals surface area contributed by atoms with Crippen LogP contribution in [0.2, 0.25) is 0 Å². The van der Waals surface area contributed by atoms with E-state index in [0.717, 1.165) is 30.0 Å². The van der Waals surface area contributed by atoms with E-state index in [2.05, 4.69) is 27.0 Å². The van der Waals surface area contributed by atoms with Crippen molar-refractivity contribution in [2.75, 3.05) is 23.4 Å². The predicted octanol–water partition coefficient (Wildman–Crippen LogP) is 5.77. The van der Waals surface area contributed by atoms with Gasteiger partial charge in [0.25, 0.3) is 5.91 Å². The number of thioether (sulfide) groups is 2. The van der Waals surface area contributed by atoms with Crippen molar-refractivity contribution in [2.24, 2.45) is 0 Å². The molecule has 0 radical (unpaired) electrons. The molecule has 0 bridgehead atoms. The number of benzene rings is 2. The fourth-order valence-corrected chi connectivity index (χ4v) is 7.01. The van der Waals surface area contributed by atoms with Gasteiger partial charge in [0.1, 0.15) is 11.6 Å².